The molecule has 2 aliphatic heterocycles. The number of hydrogen-bond donors (Lipinski definition) is 0. The summed E-state index contributed by atoms with van der Waals surface area (Å²) in [5.74, 6) is 2.13. The number of carbonyl (C=O) groups excluding carboxylic acids is 4. The van der Waals surface area contributed by atoms with Crippen LogP contribution in [0.15, 0.2) is 121 Å². The third kappa shape index (κ3) is 4.88. The molecule has 8 atom stereocenters. The van der Waals surface area contributed by atoms with E-state index in [9.17, 15) is 19.2 Å². The summed E-state index contributed by atoms with van der Waals surface area (Å²) in [6.45, 7) is 4.34. The molecule has 53 heavy (non-hydrogen) atoms. The Kier molecular flexibility index (Phi) is 7.00. The number of nitrogens with zero attached hydrogens (tertiary/aromatic N) is 2. The summed E-state index contributed by atoms with van der Waals surface area (Å²) in [5.41, 5.74) is 3.11. The Morgan fingerprint density at radius 3 is 0.981 bits per heavy atom. The fourth-order valence-corrected chi connectivity index (χ4v) is 9.96. The van der Waals surface area contributed by atoms with Crippen LogP contribution in [-0.4, -0.2) is 23.6 Å². The van der Waals surface area contributed by atoms with E-state index < -0.39 is 0 Å². The van der Waals surface area contributed by atoms with Crippen LogP contribution in [0.1, 0.15) is 37.8 Å². The van der Waals surface area contributed by atoms with Crippen LogP contribution in [0, 0.1) is 47.3 Å². The van der Waals surface area contributed by atoms with Crippen molar-refractivity contribution in [3.63, 3.8) is 0 Å². The third-order valence-electron chi connectivity index (χ3n) is 12.8. The quantitative estimate of drug-likeness (QED) is 0.136. The summed E-state index contributed by atoms with van der Waals surface area (Å²) in [6.07, 6.45) is 10.2. The number of anilines is 2. The predicted octanol–water partition coefficient (Wildman–Crippen LogP) is 8.22. The van der Waals surface area contributed by atoms with E-state index in [4.69, 9.17) is 9.47 Å². The molecule has 2 saturated heterocycles. The van der Waals surface area contributed by atoms with Crippen LogP contribution in [0.5, 0.6) is 23.0 Å². The van der Waals surface area contributed by atoms with Crippen LogP contribution in [0.25, 0.3) is 0 Å². The molecule has 4 fully saturated rings. The average molecular weight is 703 g/mol. The summed E-state index contributed by atoms with van der Waals surface area (Å²) < 4.78 is 12.3. The van der Waals surface area contributed by atoms with E-state index >= 15 is 0 Å². The van der Waals surface area contributed by atoms with Crippen LogP contribution in [0.2, 0.25) is 0 Å². The smallest absolute Gasteiger partial charge is 0.238 e. The van der Waals surface area contributed by atoms with Gasteiger partial charge in [0.25, 0.3) is 0 Å². The zero-order valence-corrected chi connectivity index (χ0v) is 29.4. The second-order valence-corrected chi connectivity index (χ2v) is 15.9. The fraction of sp³-hybridized carbons (Fsp3) is 0.289. The highest BCUT2D eigenvalue weighted by molar-refractivity contribution is 6.23. The summed E-state index contributed by atoms with van der Waals surface area (Å²) in [7, 11) is 0. The maximum absolute atomic E-state index is 13.2. The molecule has 8 unspecified atom stereocenters. The maximum atomic E-state index is 13.2. The molecule has 2 saturated carbocycles. The number of benzene rings is 4. The van der Waals surface area contributed by atoms with Crippen molar-refractivity contribution in [1.29, 1.82) is 0 Å². The van der Waals surface area contributed by atoms with Crippen LogP contribution < -0.4 is 19.3 Å². The Morgan fingerprint density at radius 1 is 0.434 bits per heavy atom. The van der Waals surface area contributed by atoms with E-state index in [0.29, 0.717) is 34.4 Å². The van der Waals surface area contributed by atoms with Gasteiger partial charge in [-0.05, 0) is 120 Å². The second-order valence-electron chi connectivity index (χ2n) is 15.9. The van der Waals surface area contributed by atoms with Crippen molar-refractivity contribution >= 4 is 35.0 Å². The Labute approximate surface area is 307 Å². The molecule has 10 rings (SSSR count). The minimum Gasteiger partial charge on any atom is -0.457 e. The Morgan fingerprint density at radius 2 is 0.698 bits per heavy atom. The van der Waals surface area contributed by atoms with Crippen LogP contribution in [-0.2, 0) is 24.6 Å². The van der Waals surface area contributed by atoms with Gasteiger partial charge in [-0.25, -0.2) is 0 Å². The Balaban J connectivity index is 0.768. The van der Waals surface area contributed by atoms with Gasteiger partial charge in [0.15, 0.2) is 0 Å². The summed E-state index contributed by atoms with van der Waals surface area (Å²) in [6, 6.07) is 30.3. The van der Waals surface area contributed by atoms with Gasteiger partial charge in [0.05, 0.1) is 35.0 Å². The Bertz CT molecular complexity index is 2020. The highest BCUT2D eigenvalue weighted by Gasteiger charge is 2.60. The molecule has 8 heteroatoms. The average Bonchev–Trinajstić information content (AvgIpc) is 4.03. The highest BCUT2D eigenvalue weighted by atomic mass is 16.5. The third-order valence-corrected chi connectivity index (χ3v) is 12.8. The van der Waals surface area contributed by atoms with Gasteiger partial charge in [-0.1, -0.05) is 62.4 Å². The first-order valence-corrected chi connectivity index (χ1v) is 18.5. The maximum Gasteiger partial charge on any atom is 0.238 e. The lowest BCUT2D eigenvalue weighted by Crippen LogP contribution is -2.32. The van der Waals surface area contributed by atoms with E-state index in [1.54, 1.807) is 48.5 Å². The standard InChI is InChI=1S/C45H38N2O6/c1-45(2,29-7-15-33(16-8-29)52-35-19-11-31(12-20-35)46-41(48)37-25-3-4-26(23-25)38(37)42(46)49)30-9-17-34(18-10-30)53-36-21-13-32(14-22-36)47-43(50)39-27-5-6-28(24-27)40(39)44(47)51/h3-22,25-28,37-40H,23-24H2,1-2H3. The van der Waals surface area contributed by atoms with Crippen molar-refractivity contribution in [2.24, 2.45) is 47.3 Å². The number of ether oxygens (including phenoxy) is 2. The van der Waals surface area contributed by atoms with Crippen molar-refractivity contribution < 1.29 is 28.7 Å². The predicted molar refractivity (Wildman–Crippen MR) is 198 cm³/mol. The van der Waals surface area contributed by atoms with Gasteiger partial charge in [-0.3, -0.25) is 29.0 Å². The summed E-state index contributed by atoms with van der Waals surface area (Å²) in [5, 5.41) is 0. The number of carbonyl (C=O) groups is 4. The molecule has 2 heterocycles. The minimum atomic E-state index is -0.301. The molecule has 4 aromatic rings. The molecule has 4 amide bonds. The van der Waals surface area contributed by atoms with Gasteiger partial charge in [0, 0.05) is 5.41 Å². The van der Waals surface area contributed by atoms with Crippen molar-refractivity contribution in [2.45, 2.75) is 32.1 Å². The summed E-state index contributed by atoms with van der Waals surface area (Å²) >= 11 is 0. The molecule has 4 bridgehead atoms. The van der Waals surface area contributed by atoms with Gasteiger partial charge in [0.2, 0.25) is 23.6 Å². The van der Waals surface area contributed by atoms with Crippen molar-refractivity contribution in [2.75, 3.05) is 9.80 Å². The number of imide groups is 2. The molecule has 0 spiro atoms. The number of hydrogen-bond acceptors (Lipinski definition) is 6. The first kappa shape index (κ1) is 31.9. The fourth-order valence-electron chi connectivity index (χ4n) is 9.96. The SMILES string of the molecule is CC(C)(c1ccc(Oc2ccc(N3C(=O)C4C5C=CC(C5)C4C3=O)cc2)cc1)c1ccc(Oc2ccc(N3C(=O)C4C5C=CC(C5)C4C3=O)cc2)cc1. The molecule has 0 N–H and O–H groups in total. The van der Waals surface area contributed by atoms with Crippen LogP contribution >= 0.6 is 0 Å². The highest BCUT2D eigenvalue weighted by Crippen LogP contribution is 2.54. The molecule has 0 aromatic heterocycles. The molecule has 6 aliphatic rings. The van der Waals surface area contributed by atoms with E-state index in [2.05, 4.69) is 62.4 Å². The normalized spacial score (nSPS) is 29.1. The Hall–Kier alpha value is -5.76. The lowest BCUT2D eigenvalue weighted by Gasteiger charge is -2.26. The zero-order valence-electron chi connectivity index (χ0n) is 29.4. The largest absolute Gasteiger partial charge is 0.457 e. The first-order chi connectivity index (χ1) is 25.7. The van der Waals surface area contributed by atoms with Gasteiger partial charge in [0.1, 0.15) is 23.0 Å². The molecule has 8 nitrogen and oxygen atoms in total. The second kappa shape index (κ2) is 11.6. The van der Waals surface area contributed by atoms with Gasteiger partial charge >= 0.3 is 0 Å². The number of allylic oxidation sites excluding steroid dienone is 4. The lowest BCUT2D eigenvalue weighted by atomic mass is 9.78. The molecular weight excluding hydrogens is 665 g/mol. The van der Waals surface area contributed by atoms with Crippen LogP contribution in [0.3, 0.4) is 0 Å². The minimum absolute atomic E-state index is 0.0845. The van der Waals surface area contributed by atoms with Crippen molar-refractivity contribution in [1.82, 2.24) is 0 Å². The van der Waals surface area contributed by atoms with Crippen molar-refractivity contribution in [3.8, 4) is 23.0 Å². The topological polar surface area (TPSA) is 93.2 Å². The van der Waals surface area contributed by atoms with E-state index in [-0.39, 0.29) is 76.4 Å². The lowest BCUT2D eigenvalue weighted by molar-refractivity contribution is -0.124. The van der Waals surface area contributed by atoms with Crippen LogP contribution in [0.4, 0.5) is 11.4 Å². The molecule has 264 valence electrons. The molecule has 4 aliphatic carbocycles. The van der Waals surface area contributed by atoms with E-state index in [1.165, 1.54) is 9.80 Å². The number of rotatable bonds is 8. The molecule has 4 aromatic carbocycles. The van der Waals surface area contributed by atoms with Gasteiger partial charge < -0.3 is 9.47 Å². The van der Waals surface area contributed by atoms with Gasteiger partial charge in [-0.15, -0.1) is 0 Å². The van der Waals surface area contributed by atoms with Gasteiger partial charge in [-0.2, -0.15) is 0 Å². The first-order valence-electron chi connectivity index (χ1n) is 18.5. The molecule has 0 radical (unpaired) electrons. The monoisotopic (exact) mass is 702 g/mol. The number of fused-ring (bicyclic) bond motifs is 10. The van der Waals surface area contributed by atoms with E-state index in [0.717, 1.165) is 24.0 Å². The van der Waals surface area contributed by atoms with E-state index in [1.807, 2.05) is 24.3 Å². The summed E-state index contributed by atoms with van der Waals surface area (Å²) in [4.78, 5) is 55.5. The molecular formula is C45H38N2O6. The van der Waals surface area contributed by atoms with Crippen molar-refractivity contribution in [3.05, 3.63) is 132 Å². The number of amides is 4. The zero-order chi connectivity index (χ0) is 36.2.